The molecule has 1 aromatic carbocycles. The van der Waals surface area contributed by atoms with Crippen LogP contribution in [0.4, 0.5) is 4.39 Å². The van der Waals surface area contributed by atoms with Crippen LogP contribution >= 0.6 is 0 Å². The predicted octanol–water partition coefficient (Wildman–Crippen LogP) is 2.52. The van der Waals surface area contributed by atoms with E-state index in [1.165, 1.54) is 7.11 Å². The second kappa shape index (κ2) is 7.34. The number of rotatable bonds is 7. The lowest BCUT2D eigenvalue weighted by Gasteiger charge is -2.15. The van der Waals surface area contributed by atoms with Crippen LogP contribution in [0.3, 0.4) is 0 Å². The lowest BCUT2D eigenvalue weighted by atomic mass is 10.0. The molecule has 0 heterocycles. The first kappa shape index (κ1) is 14.9. The molecule has 0 aliphatic heterocycles. The molecular formula is C14H22FNO2. The number of hydrogen-bond donors (Lipinski definition) is 1. The van der Waals surface area contributed by atoms with Crippen molar-refractivity contribution in [2.24, 2.45) is 5.73 Å². The highest BCUT2D eigenvalue weighted by Crippen LogP contribution is 2.21. The third-order valence-corrected chi connectivity index (χ3v) is 3.09. The van der Waals surface area contributed by atoms with Gasteiger partial charge in [0.25, 0.3) is 0 Å². The number of nitrogens with two attached hydrogens (primary N) is 1. The minimum absolute atomic E-state index is 0.0655. The average molecular weight is 255 g/mol. The molecule has 0 fully saturated rings. The monoisotopic (exact) mass is 255 g/mol. The molecule has 18 heavy (non-hydrogen) atoms. The van der Waals surface area contributed by atoms with E-state index in [4.69, 9.17) is 15.2 Å². The lowest BCUT2D eigenvalue weighted by Crippen LogP contribution is -2.25. The Labute approximate surface area is 108 Å². The summed E-state index contributed by atoms with van der Waals surface area (Å²) in [5, 5.41) is 0. The molecule has 0 aromatic heterocycles. The average Bonchev–Trinajstić information content (AvgIpc) is 2.38. The van der Waals surface area contributed by atoms with Gasteiger partial charge in [-0.3, -0.25) is 0 Å². The van der Waals surface area contributed by atoms with E-state index in [0.717, 1.165) is 12.8 Å². The van der Waals surface area contributed by atoms with Crippen molar-refractivity contribution < 1.29 is 13.9 Å². The highest BCUT2D eigenvalue weighted by molar-refractivity contribution is 5.31. The van der Waals surface area contributed by atoms with Crippen molar-refractivity contribution in [1.82, 2.24) is 0 Å². The first-order chi connectivity index (χ1) is 8.58. The van der Waals surface area contributed by atoms with Gasteiger partial charge in [-0.15, -0.1) is 0 Å². The minimum Gasteiger partial charge on any atom is -0.494 e. The van der Waals surface area contributed by atoms with Crippen molar-refractivity contribution in [3.05, 3.63) is 29.6 Å². The van der Waals surface area contributed by atoms with Crippen molar-refractivity contribution in [2.75, 3.05) is 14.2 Å². The second-order valence-electron chi connectivity index (χ2n) is 4.52. The summed E-state index contributed by atoms with van der Waals surface area (Å²) in [4.78, 5) is 0. The van der Waals surface area contributed by atoms with Crippen LogP contribution in [-0.4, -0.2) is 26.4 Å². The van der Waals surface area contributed by atoms with Crippen LogP contribution in [0.2, 0.25) is 0 Å². The van der Waals surface area contributed by atoms with Crippen LogP contribution < -0.4 is 10.5 Å². The van der Waals surface area contributed by atoms with Crippen molar-refractivity contribution in [2.45, 2.75) is 38.3 Å². The number of benzene rings is 1. The highest BCUT2D eigenvalue weighted by atomic mass is 19.1. The van der Waals surface area contributed by atoms with E-state index in [2.05, 4.69) is 0 Å². The van der Waals surface area contributed by atoms with Crippen LogP contribution in [0, 0.1) is 5.82 Å². The van der Waals surface area contributed by atoms with Crippen molar-refractivity contribution in [3.8, 4) is 5.75 Å². The Kier molecular flexibility index (Phi) is 6.09. The van der Waals surface area contributed by atoms with Crippen LogP contribution in [-0.2, 0) is 11.2 Å². The fourth-order valence-corrected chi connectivity index (χ4v) is 1.82. The lowest BCUT2D eigenvalue weighted by molar-refractivity contribution is 0.107. The zero-order chi connectivity index (χ0) is 13.5. The molecule has 0 aliphatic rings. The van der Waals surface area contributed by atoms with Gasteiger partial charge in [0.1, 0.15) is 0 Å². The van der Waals surface area contributed by atoms with Gasteiger partial charge < -0.3 is 15.2 Å². The van der Waals surface area contributed by atoms with E-state index < -0.39 is 0 Å². The molecule has 0 amide bonds. The van der Waals surface area contributed by atoms with Gasteiger partial charge in [-0.25, -0.2) is 4.39 Å². The maximum atomic E-state index is 13.9. The molecule has 0 saturated heterocycles. The molecule has 2 atom stereocenters. The summed E-state index contributed by atoms with van der Waals surface area (Å²) in [6.07, 6.45) is 2.39. The van der Waals surface area contributed by atoms with Crippen LogP contribution in [0.25, 0.3) is 0 Å². The number of ether oxygens (including phenoxy) is 2. The Morgan fingerprint density at radius 3 is 2.61 bits per heavy atom. The molecule has 102 valence electrons. The summed E-state index contributed by atoms with van der Waals surface area (Å²) in [7, 11) is 3.14. The summed E-state index contributed by atoms with van der Waals surface area (Å²) in [5.74, 6) is -0.0415. The molecule has 0 bridgehead atoms. The summed E-state index contributed by atoms with van der Waals surface area (Å²) in [6, 6.07) is 5.07. The van der Waals surface area contributed by atoms with E-state index >= 15 is 0 Å². The molecule has 1 rings (SSSR count). The van der Waals surface area contributed by atoms with Gasteiger partial charge in [-0.1, -0.05) is 12.1 Å². The van der Waals surface area contributed by atoms with Gasteiger partial charge >= 0.3 is 0 Å². The standard InChI is InChI=1S/C14H22FNO2/c1-10(17-2)7-8-12(16)9-11-5-4-6-13(18-3)14(11)15/h4-6,10,12H,7-9,16H2,1-3H3. The van der Waals surface area contributed by atoms with Gasteiger partial charge in [0.2, 0.25) is 0 Å². The Balaban J connectivity index is 2.56. The van der Waals surface area contributed by atoms with Crippen LogP contribution in [0.5, 0.6) is 5.75 Å². The Bertz CT molecular complexity index is 371. The normalized spacial score (nSPS) is 14.3. The van der Waals surface area contributed by atoms with E-state index in [0.29, 0.717) is 12.0 Å². The van der Waals surface area contributed by atoms with Crippen molar-refractivity contribution in [1.29, 1.82) is 0 Å². The van der Waals surface area contributed by atoms with E-state index in [1.807, 2.05) is 6.92 Å². The zero-order valence-electron chi connectivity index (χ0n) is 11.3. The van der Waals surface area contributed by atoms with Crippen molar-refractivity contribution in [3.63, 3.8) is 0 Å². The first-order valence-corrected chi connectivity index (χ1v) is 6.18. The second-order valence-corrected chi connectivity index (χ2v) is 4.52. The summed E-state index contributed by atoms with van der Waals surface area (Å²) in [6.45, 7) is 2.00. The Morgan fingerprint density at radius 2 is 2.00 bits per heavy atom. The van der Waals surface area contributed by atoms with Crippen LogP contribution in [0.1, 0.15) is 25.3 Å². The predicted molar refractivity (Wildman–Crippen MR) is 70.3 cm³/mol. The SMILES string of the molecule is COc1cccc(CC(N)CCC(C)OC)c1F. The fourth-order valence-electron chi connectivity index (χ4n) is 1.82. The van der Waals surface area contributed by atoms with Gasteiger partial charge in [0.05, 0.1) is 13.2 Å². The summed E-state index contributed by atoms with van der Waals surface area (Å²) >= 11 is 0. The molecular weight excluding hydrogens is 233 g/mol. The maximum Gasteiger partial charge on any atom is 0.168 e. The largest absolute Gasteiger partial charge is 0.494 e. The summed E-state index contributed by atoms with van der Waals surface area (Å²) in [5.41, 5.74) is 6.61. The highest BCUT2D eigenvalue weighted by Gasteiger charge is 2.12. The third-order valence-electron chi connectivity index (χ3n) is 3.09. The quantitative estimate of drug-likeness (QED) is 0.814. The van der Waals surface area contributed by atoms with Gasteiger partial charge in [-0.05, 0) is 37.8 Å². The van der Waals surface area contributed by atoms with Gasteiger partial charge in [-0.2, -0.15) is 0 Å². The molecule has 0 saturated carbocycles. The zero-order valence-corrected chi connectivity index (χ0v) is 11.3. The van der Waals surface area contributed by atoms with E-state index in [-0.39, 0.29) is 23.7 Å². The van der Waals surface area contributed by atoms with Gasteiger partial charge in [0, 0.05) is 13.2 Å². The van der Waals surface area contributed by atoms with Gasteiger partial charge in [0.15, 0.2) is 11.6 Å². The van der Waals surface area contributed by atoms with Crippen LogP contribution in [0.15, 0.2) is 18.2 Å². The molecule has 0 aliphatic carbocycles. The molecule has 2 N–H and O–H groups in total. The Hall–Kier alpha value is -1.13. The topological polar surface area (TPSA) is 44.5 Å². The Morgan fingerprint density at radius 1 is 1.28 bits per heavy atom. The molecule has 2 unspecified atom stereocenters. The molecule has 1 aromatic rings. The van der Waals surface area contributed by atoms with E-state index in [1.54, 1.807) is 25.3 Å². The first-order valence-electron chi connectivity index (χ1n) is 6.18. The molecule has 3 nitrogen and oxygen atoms in total. The maximum absolute atomic E-state index is 13.9. The van der Waals surface area contributed by atoms with E-state index in [9.17, 15) is 4.39 Å². The number of hydrogen-bond acceptors (Lipinski definition) is 3. The smallest absolute Gasteiger partial charge is 0.168 e. The minimum atomic E-state index is -0.310. The molecule has 0 radical (unpaired) electrons. The number of methoxy groups -OCH3 is 2. The van der Waals surface area contributed by atoms with Crippen molar-refractivity contribution >= 4 is 0 Å². The molecule has 4 heteroatoms. The molecule has 0 spiro atoms. The third kappa shape index (κ3) is 4.27. The fraction of sp³-hybridized carbons (Fsp3) is 0.571. The summed E-state index contributed by atoms with van der Waals surface area (Å²) < 4.78 is 24.0. The number of halogens is 1.